The zero-order valence-corrected chi connectivity index (χ0v) is 12.3. The van der Waals surface area contributed by atoms with Crippen LogP contribution in [0, 0.1) is 0 Å². The SMILES string of the molecule is NC(=S)c1ccc(-n2nnc(-c3ccccc3)n2)cc1Cl. The van der Waals surface area contributed by atoms with Crippen molar-refractivity contribution in [3.63, 3.8) is 0 Å². The summed E-state index contributed by atoms with van der Waals surface area (Å²) < 4.78 is 0. The molecular weight excluding hydrogens is 306 g/mol. The third-order valence-corrected chi connectivity index (χ3v) is 3.43. The molecule has 0 spiro atoms. The fourth-order valence-electron chi connectivity index (χ4n) is 1.85. The van der Waals surface area contributed by atoms with Crippen LogP contribution in [-0.4, -0.2) is 25.2 Å². The van der Waals surface area contributed by atoms with Gasteiger partial charge in [0.15, 0.2) is 0 Å². The summed E-state index contributed by atoms with van der Waals surface area (Å²) in [4.78, 5) is 1.67. The topological polar surface area (TPSA) is 69.6 Å². The molecular formula is C14H10ClN5S. The Balaban J connectivity index is 1.97. The van der Waals surface area contributed by atoms with E-state index in [1.807, 2.05) is 30.3 Å². The molecule has 104 valence electrons. The van der Waals surface area contributed by atoms with Crippen LogP contribution in [0.2, 0.25) is 5.02 Å². The van der Waals surface area contributed by atoms with E-state index in [4.69, 9.17) is 29.6 Å². The Morgan fingerprint density at radius 1 is 1.14 bits per heavy atom. The van der Waals surface area contributed by atoms with E-state index in [1.54, 1.807) is 18.2 Å². The van der Waals surface area contributed by atoms with Crippen LogP contribution in [0.4, 0.5) is 0 Å². The Kier molecular flexibility index (Phi) is 3.64. The zero-order valence-electron chi connectivity index (χ0n) is 10.8. The van der Waals surface area contributed by atoms with E-state index in [2.05, 4.69) is 15.4 Å². The summed E-state index contributed by atoms with van der Waals surface area (Å²) in [5, 5.41) is 12.9. The first kappa shape index (κ1) is 13.7. The van der Waals surface area contributed by atoms with Gasteiger partial charge in [-0.2, -0.15) is 0 Å². The Hall–Kier alpha value is -2.31. The van der Waals surface area contributed by atoms with Crippen molar-refractivity contribution in [3.05, 3.63) is 59.1 Å². The van der Waals surface area contributed by atoms with Gasteiger partial charge in [0.2, 0.25) is 5.82 Å². The third-order valence-electron chi connectivity index (χ3n) is 2.89. The summed E-state index contributed by atoms with van der Waals surface area (Å²) in [5.41, 5.74) is 7.79. The van der Waals surface area contributed by atoms with E-state index in [0.29, 0.717) is 22.1 Å². The van der Waals surface area contributed by atoms with E-state index in [-0.39, 0.29) is 4.99 Å². The summed E-state index contributed by atoms with van der Waals surface area (Å²) in [6.45, 7) is 0. The molecule has 7 heteroatoms. The monoisotopic (exact) mass is 315 g/mol. The highest BCUT2D eigenvalue weighted by Crippen LogP contribution is 2.20. The second-order valence-corrected chi connectivity index (χ2v) is 5.14. The standard InChI is InChI=1S/C14H10ClN5S/c15-12-8-10(6-7-11(12)13(16)21)20-18-14(17-19-20)9-4-2-1-3-5-9/h1-8H,(H2,16,21). The van der Waals surface area contributed by atoms with Crippen molar-refractivity contribution in [2.45, 2.75) is 0 Å². The number of nitrogens with zero attached hydrogens (tertiary/aromatic N) is 4. The van der Waals surface area contributed by atoms with Crippen molar-refractivity contribution in [2.75, 3.05) is 0 Å². The maximum Gasteiger partial charge on any atom is 0.205 e. The molecule has 0 aliphatic carbocycles. The Labute approximate surface area is 131 Å². The van der Waals surface area contributed by atoms with Crippen LogP contribution >= 0.6 is 23.8 Å². The van der Waals surface area contributed by atoms with Crippen molar-refractivity contribution in [1.82, 2.24) is 20.2 Å². The number of halogens is 1. The molecule has 0 unspecified atom stereocenters. The molecule has 5 nitrogen and oxygen atoms in total. The Morgan fingerprint density at radius 3 is 2.57 bits per heavy atom. The van der Waals surface area contributed by atoms with E-state index in [0.717, 1.165) is 5.56 Å². The zero-order chi connectivity index (χ0) is 14.8. The van der Waals surface area contributed by atoms with E-state index in [1.165, 1.54) is 4.80 Å². The van der Waals surface area contributed by atoms with Gasteiger partial charge in [0.1, 0.15) is 4.99 Å². The van der Waals surface area contributed by atoms with Crippen LogP contribution in [0.1, 0.15) is 5.56 Å². The minimum Gasteiger partial charge on any atom is -0.389 e. The number of nitrogens with two attached hydrogens (primary N) is 1. The first-order chi connectivity index (χ1) is 10.1. The van der Waals surface area contributed by atoms with Crippen molar-refractivity contribution in [3.8, 4) is 17.1 Å². The van der Waals surface area contributed by atoms with Gasteiger partial charge in [0, 0.05) is 11.1 Å². The van der Waals surface area contributed by atoms with E-state index < -0.39 is 0 Å². The molecule has 1 heterocycles. The fraction of sp³-hybridized carbons (Fsp3) is 0. The lowest BCUT2D eigenvalue weighted by molar-refractivity contribution is 0.720. The van der Waals surface area contributed by atoms with Gasteiger partial charge >= 0.3 is 0 Å². The highest BCUT2D eigenvalue weighted by Gasteiger charge is 2.09. The highest BCUT2D eigenvalue weighted by atomic mass is 35.5. The average Bonchev–Trinajstić information content (AvgIpc) is 2.97. The first-order valence-corrected chi connectivity index (χ1v) is 6.89. The minimum absolute atomic E-state index is 0.253. The van der Waals surface area contributed by atoms with Crippen LogP contribution in [0.5, 0.6) is 0 Å². The molecule has 0 aliphatic rings. The maximum absolute atomic E-state index is 6.14. The molecule has 3 aromatic rings. The second kappa shape index (κ2) is 5.59. The van der Waals surface area contributed by atoms with Gasteiger partial charge in [-0.25, -0.2) is 0 Å². The van der Waals surface area contributed by atoms with Crippen LogP contribution in [0.25, 0.3) is 17.1 Å². The Morgan fingerprint density at radius 2 is 1.90 bits per heavy atom. The van der Waals surface area contributed by atoms with Gasteiger partial charge in [-0.1, -0.05) is 54.2 Å². The average molecular weight is 316 g/mol. The lowest BCUT2D eigenvalue weighted by atomic mass is 10.2. The molecule has 0 aliphatic heterocycles. The van der Waals surface area contributed by atoms with Crippen LogP contribution in [-0.2, 0) is 0 Å². The smallest absolute Gasteiger partial charge is 0.205 e. The molecule has 2 aromatic carbocycles. The summed E-state index contributed by atoms with van der Waals surface area (Å²) >= 11 is 11.1. The normalized spacial score (nSPS) is 10.5. The van der Waals surface area contributed by atoms with Crippen LogP contribution in [0.3, 0.4) is 0 Å². The number of benzene rings is 2. The molecule has 2 N–H and O–H groups in total. The maximum atomic E-state index is 6.14. The van der Waals surface area contributed by atoms with E-state index >= 15 is 0 Å². The molecule has 0 amide bonds. The molecule has 0 radical (unpaired) electrons. The molecule has 0 atom stereocenters. The molecule has 0 fully saturated rings. The van der Waals surface area contributed by atoms with Crippen LogP contribution < -0.4 is 5.73 Å². The summed E-state index contributed by atoms with van der Waals surface area (Å²) in [6, 6.07) is 14.8. The van der Waals surface area contributed by atoms with Gasteiger partial charge < -0.3 is 5.73 Å². The lowest BCUT2D eigenvalue weighted by Crippen LogP contribution is -2.10. The summed E-state index contributed by atoms with van der Waals surface area (Å²) in [7, 11) is 0. The van der Waals surface area contributed by atoms with Crippen molar-refractivity contribution in [2.24, 2.45) is 5.73 Å². The van der Waals surface area contributed by atoms with Crippen molar-refractivity contribution in [1.29, 1.82) is 0 Å². The third kappa shape index (κ3) is 2.76. The van der Waals surface area contributed by atoms with Gasteiger partial charge in [-0.3, -0.25) is 0 Å². The molecule has 3 rings (SSSR count). The number of hydrogen-bond acceptors (Lipinski definition) is 4. The predicted octanol–water partition coefficient (Wildman–Crippen LogP) is 2.62. The number of tetrazole rings is 1. The summed E-state index contributed by atoms with van der Waals surface area (Å²) in [5.74, 6) is 0.546. The molecule has 1 aromatic heterocycles. The van der Waals surface area contributed by atoms with Gasteiger partial charge in [0.25, 0.3) is 0 Å². The number of thiocarbonyl (C=S) groups is 1. The largest absolute Gasteiger partial charge is 0.389 e. The number of aromatic nitrogens is 4. The fourth-order valence-corrected chi connectivity index (χ4v) is 2.37. The molecule has 0 saturated heterocycles. The number of hydrogen-bond donors (Lipinski definition) is 1. The van der Waals surface area contributed by atoms with Crippen molar-refractivity contribution < 1.29 is 0 Å². The van der Waals surface area contributed by atoms with E-state index in [9.17, 15) is 0 Å². The second-order valence-electron chi connectivity index (χ2n) is 4.30. The number of rotatable bonds is 3. The van der Waals surface area contributed by atoms with Crippen molar-refractivity contribution >= 4 is 28.8 Å². The molecule has 21 heavy (non-hydrogen) atoms. The van der Waals surface area contributed by atoms with Gasteiger partial charge in [0.05, 0.1) is 10.7 Å². The molecule has 0 saturated carbocycles. The lowest BCUT2D eigenvalue weighted by Gasteiger charge is -2.04. The van der Waals surface area contributed by atoms with Gasteiger partial charge in [-0.05, 0) is 23.4 Å². The summed E-state index contributed by atoms with van der Waals surface area (Å²) in [6.07, 6.45) is 0. The molecule has 0 bridgehead atoms. The Bertz CT molecular complexity index is 800. The predicted molar refractivity (Wildman–Crippen MR) is 85.5 cm³/mol. The quantitative estimate of drug-likeness (QED) is 0.752. The minimum atomic E-state index is 0.253. The highest BCUT2D eigenvalue weighted by molar-refractivity contribution is 7.80. The first-order valence-electron chi connectivity index (χ1n) is 6.10. The van der Waals surface area contributed by atoms with Crippen LogP contribution in [0.15, 0.2) is 48.5 Å². The van der Waals surface area contributed by atoms with Gasteiger partial charge in [-0.15, -0.1) is 15.0 Å².